The molecule has 1 amide bonds. The molecule has 1 aliphatic heterocycles. The number of halogens is 2. The van der Waals surface area contributed by atoms with E-state index in [0.717, 1.165) is 17.7 Å². The van der Waals surface area contributed by atoms with Crippen molar-refractivity contribution in [1.29, 1.82) is 0 Å². The molecule has 1 unspecified atom stereocenters. The van der Waals surface area contributed by atoms with Crippen LogP contribution in [0.1, 0.15) is 22.7 Å². The summed E-state index contributed by atoms with van der Waals surface area (Å²) in [7, 11) is 0. The van der Waals surface area contributed by atoms with E-state index in [4.69, 9.17) is 0 Å². The number of aliphatic hydroxyl groups excluding tert-OH is 1. The number of Topliss-reactive ketones (excluding diaryl/α,β-unsaturated/α-hetero) is 1. The summed E-state index contributed by atoms with van der Waals surface area (Å²) in [6, 6.07) is 18.6. The molecule has 4 nitrogen and oxygen atoms in total. The van der Waals surface area contributed by atoms with Crippen molar-refractivity contribution in [3.05, 3.63) is 113 Å². The molecule has 1 saturated heterocycles. The third-order valence-electron chi connectivity index (χ3n) is 5.04. The number of hydrogen-bond acceptors (Lipinski definition) is 3. The van der Waals surface area contributed by atoms with Gasteiger partial charge in [0.25, 0.3) is 11.7 Å². The van der Waals surface area contributed by atoms with Crippen LogP contribution < -0.4 is 0 Å². The summed E-state index contributed by atoms with van der Waals surface area (Å²) in [5, 5.41) is 10.9. The van der Waals surface area contributed by atoms with Gasteiger partial charge < -0.3 is 10.0 Å². The van der Waals surface area contributed by atoms with Gasteiger partial charge in [0.1, 0.15) is 17.4 Å². The van der Waals surface area contributed by atoms with Gasteiger partial charge in [0.05, 0.1) is 11.6 Å². The molecule has 30 heavy (non-hydrogen) atoms. The van der Waals surface area contributed by atoms with Crippen molar-refractivity contribution in [3.63, 3.8) is 0 Å². The SMILES string of the molecule is O=C1C(=O)N(Cc2ccccc2)C(c2ccc(F)cc2)/C1=C(\O)c1ccc(F)cc1. The Bertz CT molecular complexity index is 1120. The van der Waals surface area contributed by atoms with E-state index in [2.05, 4.69) is 0 Å². The van der Waals surface area contributed by atoms with Crippen LogP contribution in [-0.2, 0) is 16.1 Å². The van der Waals surface area contributed by atoms with Gasteiger partial charge in [-0.1, -0.05) is 42.5 Å². The molecular formula is C24H17F2NO3. The summed E-state index contributed by atoms with van der Waals surface area (Å²) in [6.45, 7) is 0.133. The van der Waals surface area contributed by atoms with E-state index in [9.17, 15) is 23.5 Å². The number of ketones is 1. The molecule has 6 heteroatoms. The highest BCUT2D eigenvalue weighted by atomic mass is 19.1. The van der Waals surface area contributed by atoms with Crippen LogP contribution >= 0.6 is 0 Å². The van der Waals surface area contributed by atoms with Gasteiger partial charge >= 0.3 is 0 Å². The summed E-state index contributed by atoms with van der Waals surface area (Å²) in [5.74, 6) is -2.97. The first-order valence-corrected chi connectivity index (χ1v) is 9.29. The molecule has 0 spiro atoms. The van der Waals surface area contributed by atoms with Crippen LogP contribution in [-0.4, -0.2) is 21.7 Å². The monoisotopic (exact) mass is 405 g/mol. The van der Waals surface area contributed by atoms with Crippen molar-refractivity contribution in [2.45, 2.75) is 12.6 Å². The van der Waals surface area contributed by atoms with Gasteiger partial charge in [-0.05, 0) is 47.5 Å². The second-order valence-corrected chi connectivity index (χ2v) is 6.97. The van der Waals surface area contributed by atoms with Crippen LogP contribution in [0.5, 0.6) is 0 Å². The van der Waals surface area contributed by atoms with E-state index >= 15 is 0 Å². The molecule has 3 aromatic carbocycles. The lowest BCUT2D eigenvalue weighted by molar-refractivity contribution is -0.140. The molecule has 0 radical (unpaired) electrons. The first kappa shape index (κ1) is 19.5. The molecule has 1 N–H and O–H groups in total. The van der Waals surface area contributed by atoms with Gasteiger partial charge in [0, 0.05) is 12.1 Å². The van der Waals surface area contributed by atoms with Gasteiger partial charge in [-0.25, -0.2) is 8.78 Å². The number of benzene rings is 3. The van der Waals surface area contributed by atoms with Gasteiger partial charge in [-0.2, -0.15) is 0 Å². The Balaban J connectivity index is 1.85. The molecule has 0 saturated carbocycles. The van der Waals surface area contributed by atoms with Crippen molar-refractivity contribution < 1.29 is 23.5 Å². The maximum atomic E-state index is 13.5. The Morgan fingerprint density at radius 3 is 2.00 bits per heavy atom. The van der Waals surface area contributed by atoms with Crippen LogP contribution in [0.3, 0.4) is 0 Å². The fourth-order valence-corrected chi connectivity index (χ4v) is 3.58. The van der Waals surface area contributed by atoms with Gasteiger partial charge in [-0.3, -0.25) is 9.59 Å². The summed E-state index contributed by atoms with van der Waals surface area (Å²) in [6.07, 6.45) is 0. The third-order valence-corrected chi connectivity index (χ3v) is 5.04. The van der Waals surface area contributed by atoms with E-state index in [1.54, 1.807) is 0 Å². The van der Waals surface area contributed by atoms with E-state index in [0.29, 0.717) is 5.56 Å². The van der Waals surface area contributed by atoms with Crippen LogP contribution in [0.2, 0.25) is 0 Å². The van der Waals surface area contributed by atoms with Gasteiger partial charge in [0.2, 0.25) is 0 Å². The lowest BCUT2D eigenvalue weighted by Gasteiger charge is -2.25. The molecule has 0 aromatic heterocycles. The Hall–Kier alpha value is -3.80. The molecule has 1 fully saturated rings. The molecular weight excluding hydrogens is 388 g/mol. The average molecular weight is 405 g/mol. The van der Waals surface area contributed by atoms with Crippen LogP contribution in [0.25, 0.3) is 5.76 Å². The van der Waals surface area contributed by atoms with Crippen LogP contribution in [0.15, 0.2) is 84.4 Å². The Morgan fingerprint density at radius 2 is 1.40 bits per heavy atom. The van der Waals surface area contributed by atoms with Crippen molar-refractivity contribution in [2.24, 2.45) is 0 Å². The number of carbonyl (C=O) groups excluding carboxylic acids is 2. The number of amides is 1. The number of hydrogen-bond donors (Lipinski definition) is 1. The maximum absolute atomic E-state index is 13.5. The Morgan fingerprint density at radius 1 is 0.833 bits per heavy atom. The number of likely N-dealkylation sites (tertiary alicyclic amines) is 1. The largest absolute Gasteiger partial charge is 0.507 e. The lowest BCUT2D eigenvalue weighted by atomic mass is 9.95. The zero-order valence-electron chi connectivity index (χ0n) is 15.8. The molecule has 150 valence electrons. The summed E-state index contributed by atoms with van der Waals surface area (Å²) < 4.78 is 26.8. The number of carbonyl (C=O) groups is 2. The van der Waals surface area contributed by atoms with Crippen molar-refractivity contribution in [3.8, 4) is 0 Å². The average Bonchev–Trinajstić information content (AvgIpc) is 3.00. The zero-order chi connectivity index (χ0) is 21.3. The third kappa shape index (κ3) is 3.59. The standard InChI is InChI=1S/C24H17F2NO3/c25-18-10-6-16(7-11-18)21-20(22(28)17-8-12-19(26)13-9-17)23(29)24(30)27(21)14-15-4-2-1-3-5-15/h1-13,21,28H,14H2/b22-20+. The van der Waals surface area contributed by atoms with E-state index < -0.39 is 35.1 Å². The minimum Gasteiger partial charge on any atom is -0.507 e. The van der Waals surface area contributed by atoms with Crippen molar-refractivity contribution in [2.75, 3.05) is 0 Å². The van der Waals surface area contributed by atoms with Crippen molar-refractivity contribution in [1.82, 2.24) is 4.90 Å². The molecule has 1 aliphatic rings. The minimum absolute atomic E-state index is 0.117. The summed E-state index contributed by atoms with van der Waals surface area (Å²) in [5.41, 5.74) is 1.37. The highest BCUT2D eigenvalue weighted by Gasteiger charge is 2.46. The maximum Gasteiger partial charge on any atom is 0.295 e. The Labute approximate surface area is 171 Å². The highest BCUT2D eigenvalue weighted by Crippen LogP contribution is 2.40. The molecule has 4 rings (SSSR count). The summed E-state index contributed by atoms with van der Waals surface area (Å²) >= 11 is 0. The highest BCUT2D eigenvalue weighted by molar-refractivity contribution is 6.46. The number of aliphatic hydroxyl groups is 1. The smallest absolute Gasteiger partial charge is 0.295 e. The van der Waals surface area contributed by atoms with Gasteiger partial charge in [-0.15, -0.1) is 0 Å². The van der Waals surface area contributed by atoms with Crippen LogP contribution in [0.4, 0.5) is 8.78 Å². The van der Waals surface area contributed by atoms with E-state index in [1.807, 2.05) is 30.3 Å². The fraction of sp³-hybridized carbons (Fsp3) is 0.0833. The minimum atomic E-state index is -0.907. The predicted molar refractivity (Wildman–Crippen MR) is 107 cm³/mol. The molecule has 0 bridgehead atoms. The number of rotatable bonds is 4. The number of nitrogens with zero attached hydrogens (tertiary/aromatic N) is 1. The van der Waals surface area contributed by atoms with Gasteiger partial charge in [0.15, 0.2) is 0 Å². The molecule has 3 aromatic rings. The molecule has 1 heterocycles. The normalized spacial score (nSPS) is 18.1. The zero-order valence-corrected chi connectivity index (χ0v) is 15.8. The lowest BCUT2D eigenvalue weighted by Crippen LogP contribution is -2.29. The molecule has 0 aliphatic carbocycles. The Kier molecular flexibility index (Phi) is 5.14. The molecule has 1 atom stereocenters. The fourth-order valence-electron chi connectivity index (χ4n) is 3.58. The first-order chi connectivity index (χ1) is 14.5. The topological polar surface area (TPSA) is 57.6 Å². The van der Waals surface area contributed by atoms with Crippen molar-refractivity contribution >= 4 is 17.4 Å². The van der Waals surface area contributed by atoms with E-state index in [-0.39, 0.29) is 17.7 Å². The van der Waals surface area contributed by atoms with Crippen LogP contribution in [0, 0.1) is 11.6 Å². The first-order valence-electron chi connectivity index (χ1n) is 9.29. The second-order valence-electron chi connectivity index (χ2n) is 6.97. The second kappa shape index (κ2) is 7.91. The predicted octanol–water partition coefficient (Wildman–Crippen LogP) is 4.59. The summed E-state index contributed by atoms with van der Waals surface area (Å²) in [4.78, 5) is 27.1. The van der Waals surface area contributed by atoms with E-state index in [1.165, 1.54) is 41.3 Å². The quantitative estimate of drug-likeness (QED) is 0.393.